The van der Waals surface area contributed by atoms with Gasteiger partial charge in [-0.3, -0.25) is 4.79 Å². The number of aromatic amines is 1. The van der Waals surface area contributed by atoms with E-state index in [9.17, 15) is 9.59 Å². The number of amides is 2. The number of methoxy groups -OCH3 is 1. The van der Waals surface area contributed by atoms with Crippen LogP contribution < -0.4 is 25.1 Å². The van der Waals surface area contributed by atoms with Crippen molar-refractivity contribution in [2.75, 3.05) is 19.2 Å². The van der Waals surface area contributed by atoms with E-state index in [1.165, 1.54) is 0 Å². The van der Waals surface area contributed by atoms with Crippen LogP contribution in [0.1, 0.15) is 22.3 Å². The molecule has 8 heteroatoms. The molecule has 0 spiro atoms. The van der Waals surface area contributed by atoms with E-state index < -0.39 is 0 Å². The topological polar surface area (TPSA) is 92.9 Å². The van der Waals surface area contributed by atoms with Crippen molar-refractivity contribution < 1.29 is 19.0 Å². The number of fused-ring (bicyclic) bond motifs is 2. The van der Waals surface area contributed by atoms with Gasteiger partial charge >= 0.3 is 6.03 Å². The predicted octanol–water partition coefficient (Wildman–Crippen LogP) is 5.12. The van der Waals surface area contributed by atoms with E-state index in [1.54, 1.807) is 36.3 Å². The molecule has 8 nitrogen and oxygen atoms in total. The van der Waals surface area contributed by atoms with Crippen molar-refractivity contribution in [3.63, 3.8) is 0 Å². The standard InChI is InChI=1S/C28H27N3O5/c1-17-10-18(2)26-20(11-17)13-21(27(32)30-26)15-31(14-19-4-9-24-25(12-19)36-16-35-24)28(33)29-22-5-7-23(34-3)8-6-22/h4-13H,14-16H2,1-3H3,(H,29,33)(H,30,32). The molecule has 2 N–H and O–H groups in total. The van der Waals surface area contributed by atoms with E-state index in [1.807, 2.05) is 50.2 Å². The Morgan fingerprint density at radius 2 is 1.78 bits per heavy atom. The summed E-state index contributed by atoms with van der Waals surface area (Å²) in [4.78, 5) is 31.0. The number of anilines is 1. The molecule has 3 aromatic carbocycles. The van der Waals surface area contributed by atoms with E-state index >= 15 is 0 Å². The molecule has 0 unspecified atom stereocenters. The Morgan fingerprint density at radius 1 is 1.00 bits per heavy atom. The number of hydrogen-bond donors (Lipinski definition) is 2. The number of aromatic nitrogens is 1. The number of hydrogen-bond acceptors (Lipinski definition) is 5. The summed E-state index contributed by atoms with van der Waals surface area (Å²) in [5.74, 6) is 2.00. The molecule has 0 saturated heterocycles. The van der Waals surface area contributed by atoms with Crippen LogP contribution in [0.4, 0.5) is 10.5 Å². The maximum Gasteiger partial charge on any atom is 0.322 e. The Kier molecular flexibility index (Phi) is 6.25. The van der Waals surface area contributed by atoms with Crippen molar-refractivity contribution in [3.05, 3.63) is 93.3 Å². The first kappa shape index (κ1) is 23.3. The number of ether oxygens (including phenoxy) is 3. The number of aryl methyl sites for hydroxylation is 2. The lowest BCUT2D eigenvalue weighted by Crippen LogP contribution is -2.35. The molecule has 0 aliphatic carbocycles. The lowest BCUT2D eigenvalue weighted by Gasteiger charge is -2.23. The molecule has 0 radical (unpaired) electrons. The molecule has 0 fully saturated rings. The first-order valence-corrected chi connectivity index (χ1v) is 11.6. The van der Waals surface area contributed by atoms with Gasteiger partial charge in [-0.05, 0) is 78.9 Å². The number of nitrogens with one attached hydrogen (secondary N) is 2. The zero-order valence-electron chi connectivity index (χ0n) is 20.4. The summed E-state index contributed by atoms with van der Waals surface area (Å²) < 4.78 is 16.1. The highest BCUT2D eigenvalue weighted by Gasteiger charge is 2.20. The van der Waals surface area contributed by atoms with Crippen molar-refractivity contribution in [1.29, 1.82) is 0 Å². The number of nitrogens with zero attached hydrogens (tertiary/aromatic N) is 1. The number of carbonyl (C=O) groups is 1. The second-order valence-electron chi connectivity index (χ2n) is 8.87. The minimum Gasteiger partial charge on any atom is -0.497 e. The molecule has 1 aliphatic rings. The third-order valence-electron chi connectivity index (χ3n) is 6.17. The second kappa shape index (κ2) is 9.65. The highest BCUT2D eigenvalue weighted by molar-refractivity contribution is 5.89. The van der Waals surface area contributed by atoms with Gasteiger partial charge in [0.1, 0.15) is 5.75 Å². The van der Waals surface area contributed by atoms with E-state index in [4.69, 9.17) is 14.2 Å². The largest absolute Gasteiger partial charge is 0.497 e. The number of benzene rings is 3. The van der Waals surface area contributed by atoms with Gasteiger partial charge in [0.2, 0.25) is 6.79 Å². The first-order chi connectivity index (χ1) is 17.4. The molecule has 2 amide bonds. The van der Waals surface area contributed by atoms with Crippen molar-refractivity contribution in [3.8, 4) is 17.2 Å². The Balaban J connectivity index is 1.46. The van der Waals surface area contributed by atoms with Crippen molar-refractivity contribution in [1.82, 2.24) is 9.88 Å². The Labute approximate surface area is 208 Å². The van der Waals surface area contributed by atoms with Crippen LogP contribution in [0, 0.1) is 13.8 Å². The van der Waals surface area contributed by atoms with E-state index in [0.29, 0.717) is 28.5 Å². The SMILES string of the molecule is COc1ccc(NC(=O)N(Cc2ccc3c(c2)OCO3)Cc2cc3cc(C)cc(C)c3[nH]c2=O)cc1. The summed E-state index contributed by atoms with van der Waals surface area (Å²) in [6, 6.07) is 18.2. The van der Waals surface area contributed by atoms with Gasteiger partial charge < -0.3 is 29.4 Å². The maximum absolute atomic E-state index is 13.4. The van der Waals surface area contributed by atoms with Gasteiger partial charge in [0.15, 0.2) is 11.5 Å². The fraction of sp³-hybridized carbons (Fsp3) is 0.214. The fourth-order valence-electron chi connectivity index (χ4n) is 4.39. The number of carbonyl (C=O) groups excluding carboxylic acids is 1. The van der Waals surface area contributed by atoms with Gasteiger partial charge in [-0.15, -0.1) is 0 Å². The average molecular weight is 486 g/mol. The fourth-order valence-corrected chi connectivity index (χ4v) is 4.39. The number of H-pyrrole nitrogens is 1. The minimum absolute atomic E-state index is 0.120. The minimum atomic E-state index is -0.335. The molecule has 184 valence electrons. The first-order valence-electron chi connectivity index (χ1n) is 11.6. The summed E-state index contributed by atoms with van der Waals surface area (Å²) in [5, 5.41) is 3.86. The summed E-state index contributed by atoms with van der Waals surface area (Å²) in [5.41, 5.74) is 4.67. The molecular weight excluding hydrogens is 458 g/mol. The zero-order valence-corrected chi connectivity index (χ0v) is 20.4. The molecule has 1 aromatic heterocycles. The Hall–Kier alpha value is -4.46. The summed E-state index contributed by atoms with van der Waals surface area (Å²) in [6.07, 6.45) is 0. The smallest absolute Gasteiger partial charge is 0.322 e. The Morgan fingerprint density at radius 3 is 2.56 bits per heavy atom. The molecule has 5 rings (SSSR count). The van der Waals surface area contributed by atoms with E-state index in [0.717, 1.165) is 27.6 Å². The normalized spacial score (nSPS) is 12.0. The third-order valence-corrected chi connectivity index (χ3v) is 6.17. The molecule has 0 bridgehead atoms. The molecule has 1 aliphatic heterocycles. The molecule has 0 saturated carbocycles. The van der Waals surface area contributed by atoms with Gasteiger partial charge in [-0.2, -0.15) is 0 Å². The number of urea groups is 1. The number of rotatable bonds is 6. The van der Waals surface area contributed by atoms with Crippen molar-refractivity contribution in [2.24, 2.45) is 0 Å². The van der Waals surface area contributed by atoms with E-state index in [-0.39, 0.29) is 31.5 Å². The molecule has 4 aromatic rings. The molecule has 2 heterocycles. The highest BCUT2D eigenvalue weighted by atomic mass is 16.7. The summed E-state index contributed by atoms with van der Waals surface area (Å²) >= 11 is 0. The molecule has 36 heavy (non-hydrogen) atoms. The summed E-state index contributed by atoms with van der Waals surface area (Å²) in [7, 11) is 1.59. The Bertz CT molecular complexity index is 1490. The van der Waals surface area contributed by atoms with Gasteiger partial charge in [0.05, 0.1) is 19.2 Å². The lowest BCUT2D eigenvalue weighted by molar-refractivity contribution is 0.174. The average Bonchev–Trinajstić information content (AvgIpc) is 3.33. The van der Waals surface area contributed by atoms with Crippen LogP contribution in [0.3, 0.4) is 0 Å². The van der Waals surface area contributed by atoms with Crippen LogP contribution >= 0.6 is 0 Å². The van der Waals surface area contributed by atoms with Crippen LogP contribution in [0.25, 0.3) is 10.9 Å². The van der Waals surface area contributed by atoms with Gasteiger partial charge in [-0.1, -0.05) is 17.7 Å². The van der Waals surface area contributed by atoms with Crippen molar-refractivity contribution in [2.45, 2.75) is 26.9 Å². The van der Waals surface area contributed by atoms with E-state index in [2.05, 4.69) is 10.3 Å². The molecular formula is C28H27N3O5. The van der Waals surface area contributed by atoms with Crippen LogP contribution in [-0.4, -0.2) is 29.8 Å². The molecule has 0 atom stereocenters. The number of pyridine rings is 1. The zero-order chi connectivity index (χ0) is 25.2. The van der Waals surface area contributed by atoms with Crippen LogP contribution in [-0.2, 0) is 13.1 Å². The third kappa shape index (κ3) is 4.84. The van der Waals surface area contributed by atoms with Gasteiger partial charge in [-0.25, -0.2) is 4.79 Å². The quantitative estimate of drug-likeness (QED) is 0.396. The lowest BCUT2D eigenvalue weighted by atomic mass is 10.0. The van der Waals surface area contributed by atoms with Crippen LogP contribution in [0.15, 0.2) is 65.5 Å². The van der Waals surface area contributed by atoms with Gasteiger partial charge in [0, 0.05) is 17.8 Å². The summed E-state index contributed by atoms with van der Waals surface area (Å²) in [6.45, 7) is 4.55. The van der Waals surface area contributed by atoms with Crippen LogP contribution in [0.5, 0.6) is 17.2 Å². The maximum atomic E-state index is 13.4. The highest BCUT2D eigenvalue weighted by Crippen LogP contribution is 2.33. The van der Waals surface area contributed by atoms with Crippen LogP contribution in [0.2, 0.25) is 0 Å². The predicted molar refractivity (Wildman–Crippen MR) is 138 cm³/mol. The monoisotopic (exact) mass is 485 g/mol. The van der Waals surface area contributed by atoms with Crippen molar-refractivity contribution >= 4 is 22.6 Å². The second-order valence-corrected chi connectivity index (χ2v) is 8.87. The van der Waals surface area contributed by atoms with Gasteiger partial charge in [0.25, 0.3) is 5.56 Å².